The molecule has 0 aromatic heterocycles. The number of benzene rings is 1. The van der Waals surface area contributed by atoms with Crippen LogP contribution in [0.2, 0.25) is 0 Å². The normalized spacial score (nSPS) is 13.0. The third kappa shape index (κ3) is 3.05. The predicted octanol–water partition coefficient (Wildman–Crippen LogP) is 3.10. The zero-order valence-electron chi connectivity index (χ0n) is 6.90. The van der Waals surface area contributed by atoms with Crippen LogP contribution in [-0.2, 0) is 0 Å². The molecular formula is C8H7I4NO. The first-order valence-corrected chi connectivity index (χ1v) is 8.01. The van der Waals surface area contributed by atoms with E-state index in [0.29, 0.717) is 0 Å². The lowest BCUT2D eigenvalue weighted by Crippen LogP contribution is -2.14. The van der Waals surface area contributed by atoms with Crippen molar-refractivity contribution in [3.05, 3.63) is 25.9 Å². The second-order valence-electron chi connectivity index (χ2n) is 2.64. The molecule has 0 aliphatic carbocycles. The molecule has 0 aliphatic heterocycles. The molecule has 0 saturated carbocycles. The van der Waals surface area contributed by atoms with Gasteiger partial charge in [-0.3, -0.25) is 0 Å². The van der Waals surface area contributed by atoms with Gasteiger partial charge in [-0.1, -0.05) is 0 Å². The van der Waals surface area contributed by atoms with Crippen LogP contribution in [-0.4, -0.2) is 11.7 Å². The summed E-state index contributed by atoms with van der Waals surface area (Å²) in [5, 5.41) is 9.71. The quantitative estimate of drug-likeness (QED) is 0.297. The number of hydrogen-bond acceptors (Lipinski definition) is 2. The SMILES string of the molecule is NC[C@H](O)c1cc(I)c(I)c(I)c1I. The molecule has 3 N–H and O–H groups in total. The van der Waals surface area contributed by atoms with E-state index < -0.39 is 6.10 Å². The summed E-state index contributed by atoms with van der Waals surface area (Å²) in [5.41, 5.74) is 6.38. The molecule has 78 valence electrons. The molecule has 0 heterocycles. The van der Waals surface area contributed by atoms with Crippen molar-refractivity contribution in [3.8, 4) is 0 Å². The van der Waals surface area contributed by atoms with Crippen molar-refractivity contribution in [1.82, 2.24) is 0 Å². The number of rotatable bonds is 2. The maximum atomic E-state index is 9.71. The fraction of sp³-hybridized carbons (Fsp3) is 0.250. The molecule has 0 saturated heterocycles. The fourth-order valence-electron chi connectivity index (χ4n) is 0.961. The van der Waals surface area contributed by atoms with Crippen molar-refractivity contribution in [1.29, 1.82) is 0 Å². The molecular weight excluding hydrogens is 634 g/mol. The lowest BCUT2D eigenvalue weighted by Gasteiger charge is -2.14. The Bertz CT molecular complexity index is 356. The van der Waals surface area contributed by atoms with E-state index in [2.05, 4.69) is 90.4 Å². The summed E-state index contributed by atoms with van der Waals surface area (Å²) in [6.45, 7) is 0.267. The van der Waals surface area contributed by atoms with Gasteiger partial charge in [0.25, 0.3) is 0 Å². The third-order valence-electron chi connectivity index (χ3n) is 1.71. The van der Waals surface area contributed by atoms with Crippen molar-refractivity contribution < 1.29 is 5.11 Å². The zero-order valence-corrected chi connectivity index (χ0v) is 15.5. The minimum absolute atomic E-state index is 0.267. The van der Waals surface area contributed by atoms with Gasteiger partial charge in [0.05, 0.1) is 6.10 Å². The second kappa shape index (κ2) is 6.12. The van der Waals surface area contributed by atoms with Gasteiger partial charge in [-0.15, -0.1) is 0 Å². The van der Waals surface area contributed by atoms with E-state index >= 15 is 0 Å². The highest BCUT2D eigenvalue weighted by molar-refractivity contribution is 14.1. The number of hydrogen-bond donors (Lipinski definition) is 2. The summed E-state index contributed by atoms with van der Waals surface area (Å²) in [5.74, 6) is 0. The van der Waals surface area contributed by atoms with E-state index in [0.717, 1.165) is 12.7 Å². The minimum Gasteiger partial charge on any atom is -0.387 e. The Hall–Kier alpha value is 2.06. The van der Waals surface area contributed by atoms with Gasteiger partial charge in [0.15, 0.2) is 0 Å². The first kappa shape index (κ1) is 14.1. The molecule has 0 spiro atoms. The highest BCUT2D eigenvalue weighted by Gasteiger charge is 2.16. The van der Waals surface area contributed by atoms with E-state index in [4.69, 9.17) is 5.73 Å². The molecule has 14 heavy (non-hydrogen) atoms. The number of aliphatic hydroxyl groups is 1. The average Bonchev–Trinajstić information content (AvgIpc) is 2.19. The molecule has 1 aromatic rings. The van der Waals surface area contributed by atoms with Gasteiger partial charge in [-0.2, -0.15) is 0 Å². The Kier molecular flexibility index (Phi) is 6.17. The molecule has 1 atom stereocenters. The van der Waals surface area contributed by atoms with E-state index in [9.17, 15) is 5.11 Å². The van der Waals surface area contributed by atoms with Gasteiger partial charge in [0, 0.05) is 20.8 Å². The number of aliphatic hydroxyl groups excluding tert-OH is 1. The van der Waals surface area contributed by atoms with Crippen LogP contribution in [0.25, 0.3) is 0 Å². The van der Waals surface area contributed by atoms with Crippen LogP contribution >= 0.6 is 90.4 Å². The van der Waals surface area contributed by atoms with Crippen LogP contribution in [0.4, 0.5) is 0 Å². The summed E-state index contributed by atoms with van der Waals surface area (Å²) in [4.78, 5) is 0. The molecule has 6 heteroatoms. The summed E-state index contributed by atoms with van der Waals surface area (Å²) in [7, 11) is 0. The molecule has 1 aromatic carbocycles. The van der Waals surface area contributed by atoms with Crippen molar-refractivity contribution in [3.63, 3.8) is 0 Å². The lowest BCUT2D eigenvalue weighted by atomic mass is 10.1. The molecule has 0 unspecified atom stereocenters. The first-order valence-electron chi connectivity index (χ1n) is 3.70. The van der Waals surface area contributed by atoms with Gasteiger partial charge in [-0.05, 0) is 102 Å². The monoisotopic (exact) mass is 641 g/mol. The topological polar surface area (TPSA) is 46.2 Å². The summed E-state index contributed by atoms with van der Waals surface area (Å²) in [6, 6.07) is 2.00. The maximum Gasteiger partial charge on any atom is 0.0923 e. The predicted molar refractivity (Wildman–Crippen MR) is 91.3 cm³/mol. The Morgan fingerprint density at radius 1 is 1.14 bits per heavy atom. The largest absolute Gasteiger partial charge is 0.387 e. The molecule has 0 aliphatic rings. The number of halogens is 4. The minimum atomic E-state index is -0.555. The molecule has 0 amide bonds. The van der Waals surface area contributed by atoms with Gasteiger partial charge in [-0.25, -0.2) is 0 Å². The maximum absolute atomic E-state index is 9.71. The van der Waals surface area contributed by atoms with Crippen LogP contribution in [0, 0.1) is 14.3 Å². The highest BCUT2D eigenvalue weighted by atomic mass is 127. The standard InChI is InChI=1S/C8H7I4NO/c9-4-1-3(5(14)2-13)6(10)8(12)7(4)11/h1,5,14H,2,13H2/t5-/m0/s1. The second-order valence-corrected chi connectivity index (χ2v) is 7.04. The Morgan fingerprint density at radius 3 is 2.21 bits per heavy atom. The molecule has 1 rings (SSSR count). The Morgan fingerprint density at radius 2 is 1.71 bits per heavy atom. The van der Waals surface area contributed by atoms with E-state index in [1.54, 1.807) is 0 Å². The van der Waals surface area contributed by atoms with Gasteiger partial charge >= 0.3 is 0 Å². The van der Waals surface area contributed by atoms with Crippen molar-refractivity contribution in [2.75, 3.05) is 6.54 Å². The Labute approximate surface area is 137 Å². The van der Waals surface area contributed by atoms with E-state index in [-0.39, 0.29) is 6.54 Å². The molecule has 0 radical (unpaired) electrons. The summed E-state index contributed by atoms with van der Waals surface area (Å²) < 4.78 is 4.70. The van der Waals surface area contributed by atoms with Crippen LogP contribution in [0.15, 0.2) is 6.07 Å². The smallest absolute Gasteiger partial charge is 0.0923 e. The lowest BCUT2D eigenvalue weighted by molar-refractivity contribution is 0.185. The van der Waals surface area contributed by atoms with Gasteiger partial charge < -0.3 is 10.8 Å². The van der Waals surface area contributed by atoms with Crippen LogP contribution < -0.4 is 5.73 Å². The molecule has 2 nitrogen and oxygen atoms in total. The van der Waals surface area contributed by atoms with Crippen LogP contribution in [0.5, 0.6) is 0 Å². The van der Waals surface area contributed by atoms with Crippen LogP contribution in [0.3, 0.4) is 0 Å². The molecule has 0 fully saturated rings. The van der Waals surface area contributed by atoms with Gasteiger partial charge in [0.1, 0.15) is 0 Å². The van der Waals surface area contributed by atoms with Crippen molar-refractivity contribution in [2.45, 2.75) is 6.10 Å². The van der Waals surface area contributed by atoms with E-state index in [1.165, 1.54) is 7.14 Å². The van der Waals surface area contributed by atoms with Gasteiger partial charge in [0.2, 0.25) is 0 Å². The third-order valence-corrected chi connectivity index (χ3v) is 9.02. The fourth-order valence-corrected chi connectivity index (χ4v) is 4.41. The molecule has 0 bridgehead atoms. The average molecular weight is 641 g/mol. The first-order chi connectivity index (χ1) is 6.49. The highest BCUT2D eigenvalue weighted by Crippen LogP contribution is 2.31. The summed E-state index contributed by atoms with van der Waals surface area (Å²) in [6.07, 6.45) is -0.555. The van der Waals surface area contributed by atoms with Crippen molar-refractivity contribution >= 4 is 90.4 Å². The van der Waals surface area contributed by atoms with E-state index in [1.807, 2.05) is 6.07 Å². The number of nitrogens with two attached hydrogens (primary N) is 1. The van der Waals surface area contributed by atoms with Crippen LogP contribution in [0.1, 0.15) is 11.7 Å². The zero-order chi connectivity index (χ0) is 10.9. The Balaban J connectivity index is 3.33. The summed E-state index contributed by atoms with van der Waals surface area (Å²) >= 11 is 9.14. The van der Waals surface area contributed by atoms with Crippen molar-refractivity contribution in [2.24, 2.45) is 5.73 Å².